The Hall–Kier alpha value is -2.97. The minimum atomic E-state index is -4.70. The van der Waals surface area contributed by atoms with Crippen LogP contribution in [0.1, 0.15) is 54.5 Å². The van der Waals surface area contributed by atoms with Crippen molar-refractivity contribution in [2.75, 3.05) is 18.0 Å². The maximum Gasteiger partial charge on any atom is 0.433 e. The Labute approximate surface area is 239 Å². The van der Waals surface area contributed by atoms with E-state index in [0.717, 1.165) is 17.3 Å². The van der Waals surface area contributed by atoms with Crippen molar-refractivity contribution >= 4 is 17.4 Å². The second-order valence-electron chi connectivity index (χ2n) is 12.0. The van der Waals surface area contributed by atoms with Gasteiger partial charge in [-0.2, -0.15) is 26.3 Å². The Morgan fingerprint density at radius 3 is 2.31 bits per heavy atom. The van der Waals surface area contributed by atoms with Crippen LogP contribution in [0.5, 0.6) is 0 Å². The first-order chi connectivity index (χ1) is 19.6. The van der Waals surface area contributed by atoms with Gasteiger partial charge >= 0.3 is 12.4 Å². The number of pyridine rings is 1. The lowest BCUT2D eigenvalue weighted by Crippen LogP contribution is -2.62. The van der Waals surface area contributed by atoms with Crippen molar-refractivity contribution in [3.05, 3.63) is 64.1 Å². The quantitative estimate of drug-likeness (QED) is 0.385. The summed E-state index contributed by atoms with van der Waals surface area (Å²) in [7, 11) is 0. The number of alkyl halides is 6. The minimum Gasteiger partial charge on any atom is -0.380 e. The minimum absolute atomic E-state index is 0.0261. The van der Waals surface area contributed by atoms with Crippen LogP contribution in [-0.4, -0.2) is 60.7 Å². The number of rotatable bonds is 3. The molecule has 3 aromatic rings. The zero-order chi connectivity index (χ0) is 29.8. The Morgan fingerprint density at radius 1 is 0.929 bits per heavy atom. The van der Waals surface area contributed by atoms with E-state index in [0.29, 0.717) is 55.2 Å². The lowest BCUT2D eigenvalue weighted by atomic mass is 9.57. The molecule has 3 fully saturated rings. The van der Waals surface area contributed by atoms with Gasteiger partial charge in [0.1, 0.15) is 11.5 Å². The summed E-state index contributed by atoms with van der Waals surface area (Å²) in [6.07, 6.45) is -8.92. The summed E-state index contributed by atoms with van der Waals surface area (Å²) in [5, 5.41) is 19.3. The standard InChI is InChI=1S/C27H24ClF7N6O/c28-16-1-3-19-14(5-16)10-39(17-8-25(42,9-17)27(33,34)35)11-21-37-38-22(41(19)21)15-6-24(7-15)12-40(13-24)23-18(29)2-4-20(36-23)26(30,31)32/h1-5,15,17,42H,6-13H2. The van der Waals surface area contributed by atoms with Crippen LogP contribution >= 0.6 is 11.6 Å². The largest absolute Gasteiger partial charge is 0.433 e. The highest BCUT2D eigenvalue weighted by Gasteiger charge is 2.62. The molecule has 2 aliphatic heterocycles. The third kappa shape index (κ3) is 4.36. The number of anilines is 1. The number of fused-ring (bicyclic) bond motifs is 3. The van der Waals surface area contributed by atoms with E-state index in [9.17, 15) is 35.8 Å². The van der Waals surface area contributed by atoms with Crippen LogP contribution in [0.4, 0.5) is 36.6 Å². The molecule has 7 nitrogen and oxygen atoms in total. The average Bonchev–Trinajstić information content (AvgIpc) is 3.15. The van der Waals surface area contributed by atoms with E-state index < -0.39 is 48.3 Å². The number of aromatic nitrogens is 4. The van der Waals surface area contributed by atoms with E-state index in [4.69, 9.17) is 11.6 Å². The van der Waals surface area contributed by atoms with Crippen molar-refractivity contribution in [3.8, 4) is 5.69 Å². The third-order valence-corrected chi connectivity index (χ3v) is 9.38. The van der Waals surface area contributed by atoms with E-state index >= 15 is 0 Å². The fourth-order valence-corrected chi connectivity index (χ4v) is 7.13. The maximum absolute atomic E-state index is 14.3. The van der Waals surface area contributed by atoms with E-state index in [2.05, 4.69) is 15.2 Å². The molecule has 7 rings (SSSR count). The summed E-state index contributed by atoms with van der Waals surface area (Å²) in [5.74, 6) is 0.0936. The topological polar surface area (TPSA) is 70.3 Å². The number of nitrogens with zero attached hydrogens (tertiary/aromatic N) is 6. The normalized spacial score (nSPS) is 25.7. The van der Waals surface area contributed by atoms with Gasteiger partial charge in [-0.15, -0.1) is 10.2 Å². The lowest BCUT2D eigenvalue weighted by molar-refractivity contribution is -0.300. The van der Waals surface area contributed by atoms with Gasteiger partial charge in [-0.05, 0) is 48.7 Å². The van der Waals surface area contributed by atoms with Gasteiger partial charge in [-0.25, -0.2) is 9.37 Å². The number of aliphatic hydroxyl groups is 1. The van der Waals surface area contributed by atoms with Crippen LogP contribution in [-0.2, 0) is 19.3 Å². The Kier molecular flexibility index (Phi) is 5.98. The van der Waals surface area contributed by atoms with Crippen LogP contribution in [0.25, 0.3) is 5.69 Å². The fourth-order valence-electron chi connectivity index (χ4n) is 6.93. The molecule has 1 aromatic carbocycles. The first kappa shape index (κ1) is 27.8. The van der Waals surface area contributed by atoms with Crippen molar-refractivity contribution < 1.29 is 35.8 Å². The van der Waals surface area contributed by atoms with Crippen LogP contribution in [0, 0.1) is 11.2 Å². The molecule has 42 heavy (non-hydrogen) atoms. The maximum atomic E-state index is 14.3. The van der Waals surface area contributed by atoms with E-state index in [-0.39, 0.29) is 23.7 Å². The second-order valence-corrected chi connectivity index (χ2v) is 12.5. The Bertz CT molecular complexity index is 1550. The SMILES string of the molecule is OC1(C(F)(F)F)CC(N2Cc3cc(Cl)ccc3-n3c(nnc3C3CC4(C3)CN(c3nc(C(F)(F)F)ccc3F)C4)C2)C1. The molecule has 1 spiro atoms. The summed E-state index contributed by atoms with van der Waals surface area (Å²) >= 11 is 6.28. The van der Waals surface area contributed by atoms with Gasteiger partial charge in [0, 0.05) is 54.9 Å². The molecule has 15 heteroatoms. The molecular weight excluding hydrogens is 593 g/mol. The summed E-state index contributed by atoms with van der Waals surface area (Å²) in [5.41, 5.74) is -2.50. The summed E-state index contributed by atoms with van der Waals surface area (Å²) in [6.45, 7) is 1.26. The number of benzene rings is 1. The zero-order valence-electron chi connectivity index (χ0n) is 21.9. The third-order valence-electron chi connectivity index (χ3n) is 9.14. The van der Waals surface area contributed by atoms with Crippen LogP contribution in [0.3, 0.4) is 0 Å². The summed E-state index contributed by atoms with van der Waals surface area (Å²) < 4.78 is 95.5. The van der Waals surface area contributed by atoms with Gasteiger partial charge in [0.05, 0.1) is 12.2 Å². The fraction of sp³-hybridized carbons (Fsp3) is 0.519. The highest BCUT2D eigenvalue weighted by atomic mass is 35.5. The van der Waals surface area contributed by atoms with Gasteiger partial charge in [0.2, 0.25) is 0 Å². The van der Waals surface area contributed by atoms with Gasteiger partial charge in [0.25, 0.3) is 0 Å². The molecule has 0 atom stereocenters. The molecule has 224 valence electrons. The highest BCUT2D eigenvalue weighted by molar-refractivity contribution is 6.30. The summed E-state index contributed by atoms with van der Waals surface area (Å²) in [6, 6.07) is 6.21. The van der Waals surface area contributed by atoms with Gasteiger partial charge in [-0.1, -0.05) is 11.6 Å². The van der Waals surface area contributed by atoms with E-state index in [1.807, 2.05) is 15.5 Å². The van der Waals surface area contributed by atoms with Gasteiger partial charge in [0.15, 0.2) is 23.1 Å². The van der Waals surface area contributed by atoms with Crippen molar-refractivity contribution in [1.82, 2.24) is 24.6 Å². The predicted molar refractivity (Wildman–Crippen MR) is 135 cm³/mol. The first-order valence-electron chi connectivity index (χ1n) is 13.4. The Balaban J connectivity index is 1.10. The Morgan fingerprint density at radius 2 is 1.64 bits per heavy atom. The molecule has 2 saturated carbocycles. The van der Waals surface area contributed by atoms with Crippen molar-refractivity contribution in [1.29, 1.82) is 0 Å². The average molecular weight is 617 g/mol. The zero-order valence-corrected chi connectivity index (χ0v) is 22.6. The van der Waals surface area contributed by atoms with E-state index in [1.165, 1.54) is 4.90 Å². The van der Waals surface area contributed by atoms with Crippen molar-refractivity contribution in [2.45, 2.75) is 68.7 Å². The molecule has 2 aliphatic carbocycles. The second kappa shape index (κ2) is 9.02. The molecular formula is C27H24ClF7N6O. The predicted octanol–water partition coefficient (Wildman–Crippen LogP) is 5.63. The molecule has 4 aliphatic rings. The first-order valence-corrected chi connectivity index (χ1v) is 13.8. The summed E-state index contributed by atoms with van der Waals surface area (Å²) in [4.78, 5) is 6.89. The molecule has 0 amide bonds. The number of hydrogen-bond donors (Lipinski definition) is 1. The molecule has 1 saturated heterocycles. The number of halogens is 8. The van der Waals surface area contributed by atoms with Crippen LogP contribution < -0.4 is 4.90 Å². The van der Waals surface area contributed by atoms with Crippen molar-refractivity contribution in [2.24, 2.45) is 5.41 Å². The lowest BCUT2D eigenvalue weighted by Gasteiger charge is -2.59. The van der Waals surface area contributed by atoms with Crippen LogP contribution in [0.2, 0.25) is 5.02 Å². The smallest absolute Gasteiger partial charge is 0.380 e. The molecule has 1 N–H and O–H groups in total. The van der Waals surface area contributed by atoms with Crippen molar-refractivity contribution in [3.63, 3.8) is 0 Å². The van der Waals surface area contributed by atoms with E-state index in [1.54, 1.807) is 12.1 Å². The molecule has 0 radical (unpaired) electrons. The number of hydrogen-bond acceptors (Lipinski definition) is 6. The molecule has 2 aromatic heterocycles. The molecule has 0 bridgehead atoms. The van der Waals surface area contributed by atoms with Gasteiger partial charge in [-0.3, -0.25) is 9.47 Å². The van der Waals surface area contributed by atoms with Gasteiger partial charge < -0.3 is 10.0 Å². The monoisotopic (exact) mass is 616 g/mol. The highest BCUT2D eigenvalue weighted by Crippen LogP contribution is 2.57. The molecule has 4 heterocycles. The van der Waals surface area contributed by atoms with Crippen LogP contribution in [0.15, 0.2) is 30.3 Å². The molecule has 0 unspecified atom stereocenters.